The molecule has 1 aliphatic carbocycles. The van der Waals surface area contributed by atoms with E-state index in [1.54, 1.807) is 4.90 Å². The van der Waals surface area contributed by atoms with Crippen molar-refractivity contribution in [3.8, 4) is 11.1 Å². The van der Waals surface area contributed by atoms with Crippen LogP contribution in [0.5, 0.6) is 0 Å². The first-order valence-electron chi connectivity index (χ1n) is 14.1. The predicted octanol–water partition coefficient (Wildman–Crippen LogP) is 4.12. The Labute approximate surface area is 229 Å². The highest BCUT2D eigenvalue weighted by atomic mass is 16.6. The normalized spacial score (nSPS) is 18.5. The Bertz CT molecular complexity index is 1340. The van der Waals surface area contributed by atoms with E-state index >= 15 is 0 Å². The zero-order chi connectivity index (χ0) is 27.1. The van der Waals surface area contributed by atoms with Crippen LogP contribution in [0.3, 0.4) is 0 Å². The van der Waals surface area contributed by atoms with Crippen LogP contribution in [0.15, 0.2) is 48.8 Å². The van der Waals surface area contributed by atoms with Crippen molar-refractivity contribution in [2.45, 2.75) is 39.2 Å². The minimum Gasteiger partial charge on any atom is -0.444 e. The van der Waals surface area contributed by atoms with Crippen LogP contribution in [0.2, 0.25) is 0 Å². The quantitative estimate of drug-likeness (QED) is 0.505. The highest BCUT2D eigenvalue weighted by molar-refractivity contribution is 5.82. The summed E-state index contributed by atoms with van der Waals surface area (Å²) in [5.41, 5.74) is 5.19. The lowest BCUT2D eigenvalue weighted by Crippen LogP contribution is -2.50. The summed E-state index contributed by atoms with van der Waals surface area (Å²) in [6, 6.07) is 12.9. The zero-order valence-electron chi connectivity index (χ0n) is 23.2. The molecule has 0 spiro atoms. The average Bonchev–Trinajstić information content (AvgIpc) is 3.70. The number of ether oxygens (including phenoxy) is 1. The fourth-order valence-corrected chi connectivity index (χ4v) is 5.52. The van der Waals surface area contributed by atoms with Gasteiger partial charge in [0.2, 0.25) is 5.91 Å². The molecule has 3 aromatic rings. The Morgan fingerprint density at radius 3 is 2.10 bits per heavy atom. The number of aromatic nitrogens is 2. The first-order valence-corrected chi connectivity index (χ1v) is 14.1. The molecule has 1 saturated carbocycles. The van der Waals surface area contributed by atoms with Crippen LogP contribution in [0.4, 0.5) is 16.2 Å². The maximum Gasteiger partial charge on any atom is 0.410 e. The summed E-state index contributed by atoms with van der Waals surface area (Å²) in [5.74, 6) is 0.624. The van der Waals surface area contributed by atoms with E-state index in [0.29, 0.717) is 19.0 Å². The molecule has 6 rings (SSSR count). The molecule has 0 bridgehead atoms. The third-order valence-electron chi connectivity index (χ3n) is 7.84. The van der Waals surface area contributed by atoms with E-state index in [4.69, 9.17) is 4.74 Å². The first-order chi connectivity index (χ1) is 18.7. The molecule has 0 radical (unpaired) electrons. The molecule has 9 heteroatoms. The number of nitrogens with zero attached hydrogens (tertiary/aromatic N) is 6. The van der Waals surface area contributed by atoms with Gasteiger partial charge in [-0.25, -0.2) is 9.31 Å². The largest absolute Gasteiger partial charge is 0.444 e. The smallest absolute Gasteiger partial charge is 0.410 e. The van der Waals surface area contributed by atoms with Gasteiger partial charge in [-0.15, -0.1) is 0 Å². The lowest BCUT2D eigenvalue weighted by atomic mass is 10.1. The molecule has 1 aromatic carbocycles. The van der Waals surface area contributed by atoms with E-state index in [2.05, 4.69) is 57.5 Å². The van der Waals surface area contributed by atoms with Gasteiger partial charge in [-0.3, -0.25) is 4.79 Å². The number of piperazine rings is 2. The number of anilines is 2. The second kappa shape index (κ2) is 10.1. The topological polar surface area (TPSA) is 73.6 Å². The first kappa shape index (κ1) is 25.5. The number of hydrogen-bond acceptors (Lipinski definition) is 6. The van der Waals surface area contributed by atoms with E-state index in [0.717, 1.165) is 80.1 Å². The van der Waals surface area contributed by atoms with Crippen LogP contribution in [-0.2, 0) is 9.53 Å². The predicted molar refractivity (Wildman–Crippen MR) is 152 cm³/mol. The molecule has 0 atom stereocenters. The van der Waals surface area contributed by atoms with Gasteiger partial charge in [-0.2, -0.15) is 5.10 Å². The van der Waals surface area contributed by atoms with Crippen LogP contribution in [0.25, 0.3) is 16.6 Å². The van der Waals surface area contributed by atoms with E-state index in [1.807, 2.05) is 36.4 Å². The monoisotopic (exact) mass is 530 g/mol. The molecular formula is C30H38N6O3. The van der Waals surface area contributed by atoms with Crippen molar-refractivity contribution in [1.82, 2.24) is 19.4 Å². The molecule has 2 saturated heterocycles. The third kappa shape index (κ3) is 5.53. The van der Waals surface area contributed by atoms with Crippen LogP contribution in [0.1, 0.15) is 33.6 Å². The van der Waals surface area contributed by atoms with Gasteiger partial charge in [0.1, 0.15) is 5.60 Å². The minimum absolute atomic E-state index is 0.236. The molecule has 4 heterocycles. The Morgan fingerprint density at radius 1 is 0.821 bits per heavy atom. The van der Waals surface area contributed by atoms with Crippen molar-refractivity contribution in [2.24, 2.45) is 5.92 Å². The van der Waals surface area contributed by atoms with Crippen molar-refractivity contribution in [2.75, 3.05) is 62.2 Å². The Balaban J connectivity index is 1.11. The van der Waals surface area contributed by atoms with Gasteiger partial charge in [0.25, 0.3) is 0 Å². The van der Waals surface area contributed by atoms with Crippen LogP contribution in [-0.4, -0.2) is 89.4 Å². The molecule has 2 aliphatic heterocycles. The van der Waals surface area contributed by atoms with Crippen LogP contribution in [0, 0.1) is 5.92 Å². The summed E-state index contributed by atoms with van der Waals surface area (Å²) in [6.45, 7) is 11.8. The van der Waals surface area contributed by atoms with Gasteiger partial charge in [-0.1, -0.05) is 12.1 Å². The second-order valence-electron chi connectivity index (χ2n) is 11.9. The summed E-state index contributed by atoms with van der Waals surface area (Å²) in [5, 5.41) is 4.57. The molecule has 206 valence electrons. The van der Waals surface area contributed by atoms with Gasteiger partial charge in [0.15, 0.2) is 0 Å². The Hall–Kier alpha value is -3.75. The van der Waals surface area contributed by atoms with Crippen molar-refractivity contribution in [3.05, 3.63) is 48.8 Å². The van der Waals surface area contributed by atoms with Crippen molar-refractivity contribution in [1.29, 1.82) is 0 Å². The molecule has 2 amide bonds. The van der Waals surface area contributed by atoms with Crippen LogP contribution >= 0.6 is 0 Å². The molecule has 0 unspecified atom stereocenters. The standard InChI is InChI=1S/C30H38N6O3/c1-30(2,3)39-29(38)35-18-12-32(13-19-35)25-8-6-22(7-9-25)24-20-27-26(10-11-31-36(27)21-24)33-14-16-34(17-15-33)28(37)23-4-5-23/h6-11,20-21,23H,4-5,12-19H2,1-3H3. The Kier molecular flexibility index (Phi) is 6.61. The van der Waals surface area contributed by atoms with Crippen LogP contribution < -0.4 is 9.80 Å². The summed E-state index contributed by atoms with van der Waals surface area (Å²) < 4.78 is 7.48. The average molecular weight is 531 g/mol. The van der Waals surface area contributed by atoms with Gasteiger partial charge in [0.05, 0.1) is 11.2 Å². The van der Waals surface area contributed by atoms with Gasteiger partial charge in [-0.05, 0) is 63.4 Å². The molecule has 3 fully saturated rings. The summed E-state index contributed by atoms with van der Waals surface area (Å²) >= 11 is 0. The zero-order valence-corrected chi connectivity index (χ0v) is 23.2. The number of amides is 2. The van der Waals surface area contributed by atoms with Crippen molar-refractivity contribution in [3.63, 3.8) is 0 Å². The maximum absolute atomic E-state index is 12.5. The number of rotatable bonds is 4. The van der Waals surface area contributed by atoms with E-state index < -0.39 is 5.60 Å². The molecule has 9 nitrogen and oxygen atoms in total. The number of hydrogen-bond donors (Lipinski definition) is 0. The number of carbonyl (C=O) groups excluding carboxylic acids is 2. The number of fused-ring (bicyclic) bond motifs is 1. The van der Waals surface area contributed by atoms with Gasteiger partial charge >= 0.3 is 6.09 Å². The fraction of sp³-hybridized carbons (Fsp3) is 0.500. The van der Waals surface area contributed by atoms with Gasteiger partial charge in [0, 0.05) is 81.9 Å². The molecule has 2 aromatic heterocycles. The molecular weight excluding hydrogens is 492 g/mol. The number of benzene rings is 1. The lowest BCUT2D eigenvalue weighted by molar-refractivity contribution is -0.132. The summed E-state index contributed by atoms with van der Waals surface area (Å²) in [4.78, 5) is 33.4. The maximum atomic E-state index is 12.5. The fourth-order valence-electron chi connectivity index (χ4n) is 5.52. The second-order valence-corrected chi connectivity index (χ2v) is 11.9. The summed E-state index contributed by atoms with van der Waals surface area (Å²) in [7, 11) is 0. The summed E-state index contributed by atoms with van der Waals surface area (Å²) in [6.07, 6.45) is 5.82. The van der Waals surface area contributed by atoms with E-state index in [9.17, 15) is 9.59 Å². The van der Waals surface area contributed by atoms with E-state index in [-0.39, 0.29) is 12.0 Å². The Morgan fingerprint density at radius 2 is 1.46 bits per heavy atom. The minimum atomic E-state index is -0.477. The van der Waals surface area contributed by atoms with Crippen molar-refractivity contribution < 1.29 is 14.3 Å². The van der Waals surface area contributed by atoms with E-state index in [1.165, 1.54) is 0 Å². The van der Waals surface area contributed by atoms with Crippen molar-refractivity contribution >= 4 is 28.9 Å². The molecule has 0 N–H and O–H groups in total. The third-order valence-corrected chi connectivity index (χ3v) is 7.84. The molecule has 39 heavy (non-hydrogen) atoms. The number of carbonyl (C=O) groups is 2. The van der Waals surface area contributed by atoms with Gasteiger partial charge < -0.3 is 24.3 Å². The highest BCUT2D eigenvalue weighted by Gasteiger charge is 2.35. The highest BCUT2D eigenvalue weighted by Crippen LogP contribution is 2.33. The SMILES string of the molecule is CC(C)(C)OC(=O)N1CCN(c2ccc(-c3cc4c(N5CCN(C(=O)C6CC6)CC5)ccnn4c3)cc2)CC1. The lowest BCUT2D eigenvalue weighted by Gasteiger charge is -2.36. The molecule has 3 aliphatic rings.